The van der Waals surface area contributed by atoms with E-state index in [1.54, 1.807) is 6.07 Å². The molecule has 0 bridgehead atoms. The quantitative estimate of drug-likeness (QED) is 0.821. The molecule has 0 heterocycles. The van der Waals surface area contributed by atoms with Crippen LogP contribution < -0.4 is 0 Å². The Bertz CT molecular complexity index is 553. The van der Waals surface area contributed by atoms with Crippen molar-refractivity contribution in [2.75, 3.05) is 0 Å². The Balaban J connectivity index is 3.60. The van der Waals surface area contributed by atoms with E-state index in [1.807, 2.05) is 0 Å². The minimum atomic E-state index is -4.44. The van der Waals surface area contributed by atoms with Crippen molar-refractivity contribution in [2.24, 2.45) is 0 Å². The van der Waals surface area contributed by atoms with E-state index in [0.29, 0.717) is 0 Å². The lowest BCUT2D eigenvalue weighted by molar-refractivity contribution is -0.139. The van der Waals surface area contributed by atoms with Gasteiger partial charge in [0.15, 0.2) is 4.75 Å². The lowest BCUT2D eigenvalue weighted by Gasteiger charge is -2.29. The van der Waals surface area contributed by atoms with Gasteiger partial charge in [0.25, 0.3) is 2.57 Å². The Hall–Kier alpha value is -0.300. The molecule has 4 nitrogen and oxygen atoms in total. The molecule has 0 aromatic heterocycles. The summed E-state index contributed by atoms with van der Waals surface area (Å²) in [7, 11) is -4.44. The molecule has 8 heteroatoms. The Morgan fingerprint density at radius 1 is 1.28 bits per heavy atom. The third-order valence-electron chi connectivity index (χ3n) is 2.57. The van der Waals surface area contributed by atoms with E-state index in [1.165, 1.54) is 24.3 Å². The molecule has 1 aromatic carbocycles. The maximum atomic E-state index is 12.2. The van der Waals surface area contributed by atoms with E-state index in [2.05, 4.69) is 15.9 Å². The number of carbonyl (C=O) groups is 1. The number of carboxylic acids is 1. The Morgan fingerprint density at radius 2 is 1.72 bits per heavy atom. The zero-order valence-corrected chi connectivity index (χ0v) is 13.0. The first-order valence-corrected chi connectivity index (χ1v) is 7.68. The highest BCUT2D eigenvalue weighted by Crippen LogP contribution is 2.46. The predicted octanol–water partition coefficient (Wildman–Crippen LogP) is 2.89. The first-order chi connectivity index (χ1) is 8.05. The number of sulfone groups is 1. The summed E-state index contributed by atoms with van der Waals surface area (Å²) in [6.07, 6.45) is 0. The van der Waals surface area contributed by atoms with E-state index in [-0.39, 0.29) is 5.56 Å². The highest BCUT2D eigenvalue weighted by Gasteiger charge is 2.57. The fraction of sp³-hybridized carbons (Fsp3) is 0.300. The van der Waals surface area contributed by atoms with Crippen molar-refractivity contribution >= 4 is 54.9 Å². The molecule has 1 aromatic rings. The maximum Gasteiger partial charge on any atom is 0.329 e. The summed E-state index contributed by atoms with van der Waals surface area (Å²) in [5, 5.41) is 9.27. The van der Waals surface area contributed by atoms with Gasteiger partial charge in [-0.3, -0.25) is 4.79 Å². The van der Waals surface area contributed by atoms with Gasteiger partial charge in [-0.15, -0.1) is 0 Å². The van der Waals surface area contributed by atoms with E-state index in [0.717, 1.165) is 6.92 Å². The number of aliphatic carboxylic acids is 1. The van der Waals surface area contributed by atoms with Gasteiger partial charge in [0, 0.05) is 0 Å². The molecule has 0 aliphatic heterocycles. The molecule has 0 saturated carbocycles. The van der Waals surface area contributed by atoms with Crippen molar-refractivity contribution in [1.29, 1.82) is 0 Å². The Labute approximate surface area is 123 Å². The molecule has 0 amide bonds. The smallest absolute Gasteiger partial charge is 0.329 e. The average molecular weight is 376 g/mol. The monoisotopic (exact) mass is 374 g/mol. The Morgan fingerprint density at radius 3 is 2.06 bits per heavy atom. The molecule has 18 heavy (non-hydrogen) atoms. The second-order valence-electron chi connectivity index (χ2n) is 3.65. The standard InChI is InChI=1S/C10H9BrCl2O4S/c1-9(8(14)15,7-5-3-2-4-6-7)18(16,17)10(11,12)13/h2-6H,1H3,(H,14,15). The fourth-order valence-electron chi connectivity index (χ4n) is 1.38. The molecule has 1 atom stereocenters. The van der Waals surface area contributed by atoms with Crippen molar-refractivity contribution < 1.29 is 18.3 Å². The first-order valence-electron chi connectivity index (χ1n) is 4.65. The van der Waals surface area contributed by atoms with Crippen LogP contribution in [0.1, 0.15) is 12.5 Å². The molecule has 0 saturated heterocycles. The number of hydrogen-bond donors (Lipinski definition) is 1. The van der Waals surface area contributed by atoms with Gasteiger partial charge in [-0.05, 0) is 28.4 Å². The van der Waals surface area contributed by atoms with Crippen molar-refractivity contribution in [3.63, 3.8) is 0 Å². The maximum absolute atomic E-state index is 12.2. The molecule has 1 N–H and O–H groups in total. The van der Waals surface area contributed by atoms with Crippen LogP contribution >= 0.6 is 39.1 Å². The summed E-state index contributed by atoms with van der Waals surface area (Å²) in [4.78, 5) is 11.4. The largest absolute Gasteiger partial charge is 0.480 e. The molecule has 0 spiro atoms. The number of alkyl halides is 3. The van der Waals surface area contributed by atoms with E-state index in [4.69, 9.17) is 23.2 Å². The van der Waals surface area contributed by atoms with Crippen molar-refractivity contribution in [3.8, 4) is 0 Å². The first kappa shape index (κ1) is 15.8. The van der Waals surface area contributed by atoms with Crippen LogP contribution in [0.5, 0.6) is 0 Å². The SMILES string of the molecule is CC(C(=O)O)(c1ccccc1)S(=O)(=O)C(Cl)(Cl)Br. The summed E-state index contributed by atoms with van der Waals surface area (Å²) in [6, 6.07) is 7.48. The van der Waals surface area contributed by atoms with Gasteiger partial charge >= 0.3 is 5.97 Å². The lowest BCUT2D eigenvalue weighted by atomic mass is 10.0. The topological polar surface area (TPSA) is 71.4 Å². The summed E-state index contributed by atoms with van der Waals surface area (Å²) in [5.74, 6) is -1.56. The fourth-order valence-corrected chi connectivity index (χ4v) is 4.42. The highest BCUT2D eigenvalue weighted by molar-refractivity contribution is 9.12. The summed E-state index contributed by atoms with van der Waals surface area (Å²) < 4.78 is 19.8. The third kappa shape index (κ3) is 2.39. The van der Waals surface area contributed by atoms with Crippen LogP contribution in [0.4, 0.5) is 0 Å². The van der Waals surface area contributed by atoms with E-state index in [9.17, 15) is 18.3 Å². The third-order valence-corrected chi connectivity index (χ3v) is 7.17. The van der Waals surface area contributed by atoms with Gasteiger partial charge in [-0.2, -0.15) is 0 Å². The molecular weight excluding hydrogens is 367 g/mol. The van der Waals surface area contributed by atoms with Gasteiger partial charge in [-0.25, -0.2) is 8.42 Å². The molecule has 1 rings (SSSR count). The average Bonchev–Trinajstić information content (AvgIpc) is 2.27. The van der Waals surface area contributed by atoms with Gasteiger partial charge in [-0.1, -0.05) is 53.5 Å². The van der Waals surface area contributed by atoms with Gasteiger partial charge < -0.3 is 5.11 Å². The van der Waals surface area contributed by atoms with Crippen molar-refractivity contribution in [2.45, 2.75) is 14.2 Å². The number of halogens is 3. The van der Waals surface area contributed by atoms with Crippen molar-refractivity contribution in [3.05, 3.63) is 35.9 Å². The van der Waals surface area contributed by atoms with E-state index < -0.39 is 23.1 Å². The number of carboxylic acid groups (broad SMARTS) is 1. The molecule has 100 valence electrons. The van der Waals surface area contributed by atoms with E-state index >= 15 is 0 Å². The van der Waals surface area contributed by atoms with Crippen LogP contribution in [-0.4, -0.2) is 22.1 Å². The molecule has 0 aliphatic rings. The number of rotatable bonds is 4. The van der Waals surface area contributed by atoms with Crippen LogP contribution in [0.3, 0.4) is 0 Å². The van der Waals surface area contributed by atoms with Crippen LogP contribution in [0.25, 0.3) is 0 Å². The zero-order valence-electron chi connectivity index (χ0n) is 9.10. The van der Waals surface area contributed by atoms with Gasteiger partial charge in [0.05, 0.1) is 0 Å². The summed E-state index contributed by atoms with van der Waals surface area (Å²) in [5.41, 5.74) is 0.0719. The Kier molecular flexibility index (Phi) is 4.37. The minimum Gasteiger partial charge on any atom is -0.480 e. The van der Waals surface area contributed by atoms with Crippen LogP contribution in [-0.2, 0) is 19.4 Å². The lowest BCUT2D eigenvalue weighted by Crippen LogP contribution is -2.46. The number of benzene rings is 1. The summed E-state index contributed by atoms with van der Waals surface area (Å²) >= 11 is 13.6. The minimum absolute atomic E-state index is 0.0719. The molecule has 1 unspecified atom stereocenters. The molecule has 0 fully saturated rings. The van der Waals surface area contributed by atoms with Gasteiger partial charge in [0.2, 0.25) is 9.84 Å². The molecule has 0 radical (unpaired) electrons. The van der Waals surface area contributed by atoms with Crippen LogP contribution in [0.2, 0.25) is 0 Å². The molecular formula is C10H9BrCl2O4S. The highest BCUT2D eigenvalue weighted by atomic mass is 79.9. The number of hydrogen-bond acceptors (Lipinski definition) is 3. The van der Waals surface area contributed by atoms with Crippen LogP contribution in [0, 0.1) is 0 Å². The zero-order chi connectivity index (χ0) is 14.2. The van der Waals surface area contributed by atoms with Crippen molar-refractivity contribution in [1.82, 2.24) is 0 Å². The second-order valence-corrected chi connectivity index (χ2v) is 10.5. The predicted molar refractivity (Wildman–Crippen MR) is 73.7 cm³/mol. The normalized spacial score (nSPS) is 16.0. The van der Waals surface area contributed by atoms with Gasteiger partial charge in [0.1, 0.15) is 0 Å². The van der Waals surface area contributed by atoms with Crippen LogP contribution in [0.15, 0.2) is 30.3 Å². The summed E-state index contributed by atoms with van der Waals surface area (Å²) in [6.45, 7) is 1.04. The second kappa shape index (κ2) is 5.00. The molecule has 0 aliphatic carbocycles.